The van der Waals surface area contributed by atoms with Gasteiger partial charge in [-0.1, -0.05) is 6.07 Å². The SMILES string of the molecule is COCCNCCN(C)Cc1cccnc1. The molecule has 0 atom stereocenters. The smallest absolute Gasteiger partial charge is 0.0587 e. The topological polar surface area (TPSA) is 37.4 Å². The maximum Gasteiger partial charge on any atom is 0.0587 e. The lowest BCUT2D eigenvalue weighted by Gasteiger charge is -2.16. The first-order valence-corrected chi connectivity index (χ1v) is 5.60. The van der Waals surface area contributed by atoms with E-state index in [-0.39, 0.29) is 0 Å². The van der Waals surface area contributed by atoms with Crippen LogP contribution in [-0.2, 0) is 11.3 Å². The van der Waals surface area contributed by atoms with Gasteiger partial charge in [0.2, 0.25) is 0 Å². The van der Waals surface area contributed by atoms with Crippen LogP contribution in [0.1, 0.15) is 5.56 Å². The van der Waals surface area contributed by atoms with Crippen LogP contribution in [0.2, 0.25) is 0 Å². The lowest BCUT2D eigenvalue weighted by Crippen LogP contribution is -2.30. The molecular formula is C12H21N3O. The first kappa shape index (κ1) is 13.1. The molecule has 1 heterocycles. The second-order valence-electron chi connectivity index (χ2n) is 3.84. The highest BCUT2D eigenvalue weighted by molar-refractivity contribution is 5.07. The standard InChI is InChI=1S/C12H21N3O/c1-15(8-6-13-7-9-16-2)11-12-4-3-5-14-10-12/h3-5,10,13H,6-9,11H2,1-2H3. The molecule has 1 rings (SSSR count). The van der Waals surface area contributed by atoms with E-state index in [1.54, 1.807) is 13.3 Å². The third-order valence-corrected chi connectivity index (χ3v) is 2.33. The van der Waals surface area contributed by atoms with Gasteiger partial charge in [0, 0.05) is 45.7 Å². The monoisotopic (exact) mass is 223 g/mol. The number of ether oxygens (including phenoxy) is 1. The number of pyridine rings is 1. The molecule has 0 fully saturated rings. The largest absolute Gasteiger partial charge is 0.383 e. The van der Waals surface area contributed by atoms with Crippen LogP contribution >= 0.6 is 0 Å². The van der Waals surface area contributed by atoms with E-state index in [9.17, 15) is 0 Å². The van der Waals surface area contributed by atoms with Crippen molar-refractivity contribution in [2.75, 3.05) is 40.4 Å². The molecule has 0 radical (unpaired) electrons. The Morgan fingerprint density at radius 3 is 3.00 bits per heavy atom. The zero-order chi connectivity index (χ0) is 11.6. The minimum atomic E-state index is 0.770. The van der Waals surface area contributed by atoms with Crippen molar-refractivity contribution in [3.63, 3.8) is 0 Å². The second-order valence-corrected chi connectivity index (χ2v) is 3.84. The number of hydrogen-bond acceptors (Lipinski definition) is 4. The highest BCUT2D eigenvalue weighted by Gasteiger charge is 1.99. The van der Waals surface area contributed by atoms with E-state index in [0.29, 0.717) is 0 Å². The summed E-state index contributed by atoms with van der Waals surface area (Å²) in [7, 11) is 3.83. The van der Waals surface area contributed by atoms with Gasteiger partial charge in [-0.05, 0) is 18.7 Å². The molecule has 0 spiro atoms. The Hall–Kier alpha value is -0.970. The number of likely N-dealkylation sites (N-methyl/N-ethyl adjacent to an activating group) is 1. The predicted molar refractivity (Wildman–Crippen MR) is 65.3 cm³/mol. The van der Waals surface area contributed by atoms with Crippen molar-refractivity contribution < 1.29 is 4.74 Å². The second kappa shape index (κ2) is 8.21. The van der Waals surface area contributed by atoms with Gasteiger partial charge in [0.1, 0.15) is 0 Å². The maximum atomic E-state index is 4.96. The van der Waals surface area contributed by atoms with Crippen molar-refractivity contribution in [3.8, 4) is 0 Å². The minimum Gasteiger partial charge on any atom is -0.383 e. The van der Waals surface area contributed by atoms with E-state index in [1.165, 1.54) is 5.56 Å². The Morgan fingerprint density at radius 1 is 1.44 bits per heavy atom. The molecule has 1 aromatic rings. The van der Waals surface area contributed by atoms with Crippen LogP contribution in [-0.4, -0.2) is 50.3 Å². The summed E-state index contributed by atoms with van der Waals surface area (Å²) in [4.78, 5) is 6.37. The predicted octanol–water partition coefficient (Wildman–Crippen LogP) is 0.749. The summed E-state index contributed by atoms with van der Waals surface area (Å²) >= 11 is 0. The summed E-state index contributed by atoms with van der Waals surface area (Å²) in [5.41, 5.74) is 1.25. The molecular weight excluding hydrogens is 202 g/mol. The van der Waals surface area contributed by atoms with Crippen LogP contribution in [0.5, 0.6) is 0 Å². The number of nitrogens with one attached hydrogen (secondary N) is 1. The van der Waals surface area contributed by atoms with Crippen molar-refractivity contribution in [1.82, 2.24) is 15.2 Å². The highest BCUT2D eigenvalue weighted by atomic mass is 16.5. The lowest BCUT2D eigenvalue weighted by molar-refractivity contribution is 0.197. The minimum absolute atomic E-state index is 0.770. The number of hydrogen-bond donors (Lipinski definition) is 1. The number of nitrogens with zero attached hydrogens (tertiary/aromatic N) is 2. The first-order valence-electron chi connectivity index (χ1n) is 5.60. The molecule has 0 amide bonds. The van der Waals surface area contributed by atoms with Crippen molar-refractivity contribution in [2.24, 2.45) is 0 Å². The van der Waals surface area contributed by atoms with E-state index >= 15 is 0 Å². The van der Waals surface area contributed by atoms with Gasteiger partial charge in [-0.25, -0.2) is 0 Å². The van der Waals surface area contributed by atoms with E-state index in [4.69, 9.17) is 4.74 Å². The number of aromatic nitrogens is 1. The summed E-state index contributed by atoms with van der Waals surface area (Å²) in [5, 5.41) is 3.32. The van der Waals surface area contributed by atoms with E-state index in [2.05, 4.69) is 28.3 Å². The Morgan fingerprint density at radius 2 is 2.31 bits per heavy atom. The van der Waals surface area contributed by atoms with Gasteiger partial charge in [0.15, 0.2) is 0 Å². The molecule has 1 N–H and O–H groups in total. The van der Waals surface area contributed by atoms with Crippen LogP contribution < -0.4 is 5.32 Å². The van der Waals surface area contributed by atoms with Crippen LogP contribution in [0.3, 0.4) is 0 Å². The Balaban J connectivity index is 2.09. The van der Waals surface area contributed by atoms with Crippen molar-refractivity contribution in [2.45, 2.75) is 6.54 Å². The van der Waals surface area contributed by atoms with Gasteiger partial charge in [-0.2, -0.15) is 0 Å². The summed E-state index contributed by atoms with van der Waals surface area (Å²) in [6, 6.07) is 4.07. The van der Waals surface area contributed by atoms with Crippen molar-refractivity contribution >= 4 is 0 Å². The Labute approximate surface area is 97.6 Å². The molecule has 90 valence electrons. The molecule has 0 unspecified atom stereocenters. The average molecular weight is 223 g/mol. The van der Waals surface area contributed by atoms with E-state index in [1.807, 2.05) is 12.3 Å². The van der Waals surface area contributed by atoms with Crippen LogP contribution in [0.25, 0.3) is 0 Å². The molecule has 0 aromatic carbocycles. The van der Waals surface area contributed by atoms with Gasteiger partial charge in [0.25, 0.3) is 0 Å². The zero-order valence-electron chi connectivity index (χ0n) is 10.1. The summed E-state index contributed by atoms with van der Waals surface area (Å²) in [5.74, 6) is 0. The molecule has 16 heavy (non-hydrogen) atoms. The normalized spacial score (nSPS) is 10.9. The van der Waals surface area contributed by atoms with Crippen molar-refractivity contribution in [1.29, 1.82) is 0 Å². The molecule has 0 saturated carbocycles. The fourth-order valence-corrected chi connectivity index (χ4v) is 1.45. The molecule has 1 aromatic heterocycles. The van der Waals surface area contributed by atoms with Gasteiger partial charge < -0.3 is 15.0 Å². The van der Waals surface area contributed by atoms with Gasteiger partial charge >= 0.3 is 0 Å². The molecule has 0 aliphatic carbocycles. The molecule has 0 saturated heterocycles. The molecule has 4 nitrogen and oxygen atoms in total. The molecule has 0 bridgehead atoms. The summed E-state index contributed by atoms with van der Waals surface area (Å²) in [6.45, 7) is 4.64. The molecule has 4 heteroatoms. The van der Waals surface area contributed by atoms with Crippen LogP contribution in [0.15, 0.2) is 24.5 Å². The van der Waals surface area contributed by atoms with E-state index in [0.717, 1.165) is 32.8 Å². The number of rotatable bonds is 8. The summed E-state index contributed by atoms with van der Waals surface area (Å²) < 4.78 is 4.96. The van der Waals surface area contributed by atoms with E-state index < -0.39 is 0 Å². The average Bonchev–Trinajstić information content (AvgIpc) is 2.30. The molecule has 0 aliphatic rings. The fourth-order valence-electron chi connectivity index (χ4n) is 1.45. The van der Waals surface area contributed by atoms with Crippen LogP contribution in [0, 0.1) is 0 Å². The van der Waals surface area contributed by atoms with Crippen molar-refractivity contribution in [3.05, 3.63) is 30.1 Å². The summed E-state index contributed by atoms with van der Waals surface area (Å²) in [6.07, 6.45) is 3.71. The fraction of sp³-hybridized carbons (Fsp3) is 0.583. The third-order valence-electron chi connectivity index (χ3n) is 2.33. The first-order chi connectivity index (χ1) is 7.83. The number of methoxy groups -OCH3 is 1. The Bertz CT molecular complexity index is 266. The third kappa shape index (κ3) is 5.80. The quantitative estimate of drug-likeness (QED) is 0.660. The van der Waals surface area contributed by atoms with Gasteiger partial charge in [-0.3, -0.25) is 4.98 Å². The van der Waals surface area contributed by atoms with Gasteiger partial charge in [0.05, 0.1) is 6.61 Å². The highest BCUT2D eigenvalue weighted by Crippen LogP contribution is 1.99. The maximum absolute atomic E-state index is 4.96. The molecule has 0 aliphatic heterocycles. The van der Waals surface area contributed by atoms with Crippen LogP contribution in [0.4, 0.5) is 0 Å². The zero-order valence-corrected chi connectivity index (χ0v) is 10.1. The lowest BCUT2D eigenvalue weighted by atomic mass is 10.3. The van der Waals surface area contributed by atoms with Gasteiger partial charge in [-0.15, -0.1) is 0 Å². The Kier molecular flexibility index (Phi) is 6.72.